The molecule has 15 N–H and O–H groups in total. The minimum Gasteiger partial charge on any atom is -0.478 e. The zero-order valence-corrected chi connectivity index (χ0v) is 27.3. The normalized spacial score (nSPS) is 8.86. The van der Waals surface area contributed by atoms with Crippen molar-refractivity contribution in [1.29, 1.82) is 0 Å². The number of carbonyl (C=O) groups is 7. The molecule has 0 aromatic carbocycles. The molecular formula is C29H48O22. The van der Waals surface area contributed by atoms with Crippen LogP contribution >= 0.6 is 0 Å². The Morgan fingerprint density at radius 2 is 0.412 bits per heavy atom. The van der Waals surface area contributed by atoms with E-state index in [2.05, 4.69) is 32.9 Å². The minimum absolute atomic E-state index is 0.406. The lowest BCUT2D eigenvalue weighted by Gasteiger charge is -2.23. The molecule has 22 heteroatoms. The maximum atomic E-state index is 9.55. The Kier molecular flexibility index (Phi) is 58.4. The first-order valence-electron chi connectivity index (χ1n) is 12.7. The van der Waals surface area contributed by atoms with Gasteiger partial charge in [-0.3, -0.25) is 0 Å². The third kappa shape index (κ3) is 71.6. The van der Waals surface area contributed by atoms with Crippen LogP contribution in [-0.4, -0.2) is 171 Å². The molecule has 51 heavy (non-hydrogen) atoms. The fourth-order valence-electron chi connectivity index (χ4n) is 0.743. The van der Waals surface area contributed by atoms with Crippen molar-refractivity contribution < 1.29 is 110 Å². The number of aliphatic hydroxyl groups is 8. The van der Waals surface area contributed by atoms with Gasteiger partial charge in [-0.05, 0) is 0 Å². The molecule has 0 aromatic rings. The van der Waals surface area contributed by atoms with Crippen molar-refractivity contribution in [2.45, 2.75) is 0 Å². The van der Waals surface area contributed by atoms with Crippen molar-refractivity contribution in [2.75, 3.05) is 52.9 Å². The van der Waals surface area contributed by atoms with E-state index in [-0.39, 0.29) is 0 Å². The van der Waals surface area contributed by atoms with Crippen LogP contribution in [-0.2, 0) is 33.6 Å². The van der Waals surface area contributed by atoms with Gasteiger partial charge < -0.3 is 76.6 Å². The Labute approximate surface area is 291 Å². The fourth-order valence-corrected chi connectivity index (χ4v) is 0.743. The van der Waals surface area contributed by atoms with Gasteiger partial charge in [0.25, 0.3) is 0 Å². The zero-order valence-electron chi connectivity index (χ0n) is 27.3. The van der Waals surface area contributed by atoms with Gasteiger partial charge in [-0.15, -0.1) is 0 Å². The Hall–Kier alpha value is -5.59. The van der Waals surface area contributed by atoms with Gasteiger partial charge in [-0.1, -0.05) is 32.9 Å². The maximum Gasteiger partial charge on any atom is 0.328 e. The quantitative estimate of drug-likeness (QED) is 0.0736. The lowest BCUT2D eigenvalue weighted by atomic mass is 9.93. The van der Waals surface area contributed by atoms with E-state index in [1.165, 1.54) is 0 Å². The summed E-state index contributed by atoms with van der Waals surface area (Å²) in [5, 5.41) is 122. The fraction of sp³-hybridized carbons (Fsp3) is 0.345. The van der Waals surface area contributed by atoms with Crippen LogP contribution in [0, 0.1) is 10.8 Å². The molecule has 0 rings (SSSR count). The molecule has 0 radical (unpaired) electrons. The number of carboxylic acids is 7. The van der Waals surface area contributed by atoms with Gasteiger partial charge in [-0.25, -0.2) is 33.6 Å². The molecule has 296 valence electrons. The van der Waals surface area contributed by atoms with E-state index in [4.69, 9.17) is 76.6 Å². The van der Waals surface area contributed by atoms with Gasteiger partial charge >= 0.3 is 41.8 Å². The Morgan fingerprint density at radius 3 is 0.431 bits per heavy atom. The van der Waals surface area contributed by atoms with Crippen molar-refractivity contribution in [2.24, 2.45) is 10.8 Å². The monoisotopic (exact) mass is 748 g/mol. The topological polar surface area (TPSA) is 423 Å². The van der Waals surface area contributed by atoms with Gasteiger partial charge in [0.05, 0.1) is 63.7 Å². The van der Waals surface area contributed by atoms with Gasteiger partial charge in [-0.2, -0.15) is 0 Å². The van der Waals surface area contributed by atoms with Crippen LogP contribution in [0.2, 0.25) is 0 Å². The average molecular weight is 749 g/mol. The molecule has 0 atom stereocenters. The summed E-state index contributed by atoms with van der Waals surface area (Å²) >= 11 is 0. The third-order valence-electron chi connectivity index (χ3n) is 3.92. The van der Waals surface area contributed by atoms with Crippen molar-refractivity contribution in [3.63, 3.8) is 0 Å². The number of hydrogen-bond acceptors (Lipinski definition) is 15. The highest BCUT2D eigenvalue weighted by molar-refractivity contribution is 5.89. The van der Waals surface area contributed by atoms with Gasteiger partial charge in [0.1, 0.15) is 0 Å². The first-order chi connectivity index (χ1) is 23.5. The minimum atomic E-state index is -1.26. The first-order valence-corrected chi connectivity index (χ1v) is 12.7. The summed E-state index contributed by atoms with van der Waals surface area (Å²) < 4.78 is 0. The molecule has 0 heterocycles. The van der Waals surface area contributed by atoms with E-state index in [1.54, 1.807) is 0 Å². The van der Waals surface area contributed by atoms with Crippen molar-refractivity contribution in [3.8, 4) is 0 Å². The molecule has 0 bridgehead atoms. The van der Waals surface area contributed by atoms with E-state index in [1.807, 2.05) is 0 Å². The predicted octanol–water partition coefficient (Wildman–Crippen LogP) is -3.12. The lowest BCUT2D eigenvalue weighted by molar-refractivity contribution is -0.134. The number of aliphatic hydroxyl groups excluding tert-OH is 8. The molecule has 0 unspecified atom stereocenters. The van der Waals surface area contributed by atoms with Crippen LogP contribution in [0.25, 0.3) is 0 Å². The predicted molar refractivity (Wildman–Crippen MR) is 175 cm³/mol. The van der Waals surface area contributed by atoms with Crippen LogP contribution in [0.3, 0.4) is 0 Å². The second-order valence-electron chi connectivity index (χ2n) is 7.99. The Balaban J connectivity index is -0.0000000701. The van der Waals surface area contributed by atoms with Crippen LogP contribution < -0.4 is 0 Å². The van der Waals surface area contributed by atoms with Gasteiger partial charge in [0, 0.05) is 42.5 Å². The smallest absolute Gasteiger partial charge is 0.328 e. The number of hydrogen-bond donors (Lipinski definition) is 15. The molecule has 0 aromatic heterocycles. The van der Waals surface area contributed by atoms with E-state index in [0.29, 0.717) is 12.2 Å². The van der Waals surface area contributed by atoms with Gasteiger partial charge in [0.15, 0.2) is 0 Å². The van der Waals surface area contributed by atoms with Crippen LogP contribution in [0.1, 0.15) is 0 Å². The summed E-state index contributed by atoms with van der Waals surface area (Å²) in [6.07, 6.45) is 5.28. The lowest BCUT2D eigenvalue weighted by Crippen LogP contribution is -2.37. The van der Waals surface area contributed by atoms with Crippen molar-refractivity contribution in [3.05, 3.63) is 75.4 Å². The highest BCUT2D eigenvalue weighted by atomic mass is 16.4. The van der Waals surface area contributed by atoms with Crippen LogP contribution in [0.4, 0.5) is 0 Å². The van der Waals surface area contributed by atoms with E-state index in [0.717, 1.165) is 30.4 Å². The standard InChI is InChI=1S/2C5H12O4.C4H4O4.5C3H4O2/c2*6-1-5(2-7,3-8)4-9;5-3(6)1-2-4(7)8;5*1-2-3(4)5/h2*6-9H,1-4H2;1-2H,(H,5,6)(H,7,8);5*2H,1H2,(H,4,5)/b;;2-1-;;;;;. The summed E-state index contributed by atoms with van der Waals surface area (Å²) in [6, 6.07) is 0. The molecule has 0 fully saturated rings. The molecule has 0 saturated heterocycles. The number of carboxylic acid groups (broad SMARTS) is 7. The highest BCUT2D eigenvalue weighted by Crippen LogP contribution is 2.12. The molecule has 0 aliphatic heterocycles. The molecule has 0 aliphatic rings. The maximum absolute atomic E-state index is 9.55. The molecule has 0 saturated carbocycles. The second kappa shape index (κ2) is 46.5. The van der Waals surface area contributed by atoms with Crippen LogP contribution in [0.5, 0.6) is 0 Å². The largest absolute Gasteiger partial charge is 0.478 e. The SMILES string of the molecule is C=CC(=O)O.C=CC(=O)O.C=CC(=O)O.C=CC(=O)O.C=CC(=O)O.O=C(O)/C=C\C(=O)O.OCC(CO)(CO)CO.OCC(CO)(CO)CO. The summed E-state index contributed by atoms with van der Waals surface area (Å²) in [4.78, 5) is 65.4. The van der Waals surface area contributed by atoms with Gasteiger partial charge in [0.2, 0.25) is 0 Å². The molecule has 0 spiro atoms. The summed E-state index contributed by atoms with van der Waals surface area (Å²) in [5.41, 5.74) is -2.22. The average Bonchev–Trinajstić information content (AvgIpc) is 3.11. The summed E-state index contributed by atoms with van der Waals surface area (Å²) in [5.74, 6) is -7.42. The Bertz CT molecular complexity index is 863. The van der Waals surface area contributed by atoms with E-state index in [9.17, 15) is 33.6 Å². The van der Waals surface area contributed by atoms with E-state index < -0.39 is 105 Å². The second-order valence-corrected chi connectivity index (χ2v) is 7.99. The highest BCUT2D eigenvalue weighted by Gasteiger charge is 2.27. The zero-order chi connectivity index (χ0) is 42.6. The first kappa shape index (κ1) is 64.0. The molecule has 0 amide bonds. The molecule has 22 nitrogen and oxygen atoms in total. The number of rotatable bonds is 15. The molecule has 0 aliphatic carbocycles. The number of aliphatic carboxylic acids is 7. The van der Waals surface area contributed by atoms with Crippen LogP contribution in [0.15, 0.2) is 75.4 Å². The van der Waals surface area contributed by atoms with Crippen molar-refractivity contribution in [1.82, 2.24) is 0 Å². The summed E-state index contributed by atoms with van der Waals surface area (Å²) in [6.45, 7) is 11.6. The van der Waals surface area contributed by atoms with E-state index >= 15 is 0 Å². The van der Waals surface area contributed by atoms with Crippen molar-refractivity contribution >= 4 is 41.8 Å². The Morgan fingerprint density at radius 1 is 0.314 bits per heavy atom. The molecular weight excluding hydrogens is 700 g/mol. The summed E-state index contributed by atoms with van der Waals surface area (Å²) in [7, 11) is 0. The third-order valence-corrected chi connectivity index (χ3v) is 3.92.